The molecule has 6 nitrogen and oxygen atoms in total. The minimum absolute atomic E-state index is 0.0790. The maximum atomic E-state index is 13.2. The molecule has 4 rings (SSSR count). The summed E-state index contributed by atoms with van der Waals surface area (Å²) in [4.78, 5) is 15.8. The number of carbonyl (C=O) groups is 1. The van der Waals surface area contributed by atoms with Gasteiger partial charge in [0.1, 0.15) is 11.4 Å². The Bertz CT molecular complexity index is 1080. The molecule has 1 saturated heterocycles. The van der Waals surface area contributed by atoms with E-state index >= 15 is 0 Å². The van der Waals surface area contributed by atoms with E-state index < -0.39 is 0 Å². The zero-order chi connectivity index (χ0) is 22.7. The number of benzene rings is 1. The molecule has 1 N–H and O–H groups in total. The predicted octanol–water partition coefficient (Wildman–Crippen LogP) is 4.49. The van der Waals surface area contributed by atoms with Crippen molar-refractivity contribution in [1.29, 1.82) is 0 Å². The second kappa shape index (κ2) is 9.74. The van der Waals surface area contributed by atoms with Gasteiger partial charge in [0.05, 0.1) is 11.4 Å². The number of nitrogens with zero attached hydrogens (tertiary/aromatic N) is 4. The van der Waals surface area contributed by atoms with Gasteiger partial charge in [-0.05, 0) is 76.4 Å². The summed E-state index contributed by atoms with van der Waals surface area (Å²) in [5.41, 5.74) is 5.58. The molecule has 0 bridgehead atoms. The van der Waals surface area contributed by atoms with Crippen LogP contribution in [0.25, 0.3) is 17.1 Å². The van der Waals surface area contributed by atoms with Crippen LogP contribution in [0.4, 0.5) is 0 Å². The first-order chi connectivity index (χ1) is 15.4. The number of rotatable bonds is 7. The Balaban J connectivity index is 1.52. The van der Waals surface area contributed by atoms with Gasteiger partial charge < -0.3 is 14.8 Å². The number of aryl methyl sites for hydroxylation is 3. The number of amides is 1. The van der Waals surface area contributed by atoms with E-state index in [2.05, 4.69) is 43.1 Å². The maximum absolute atomic E-state index is 13.2. The summed E-state index contributed by atoms with van der Waals surface area (Å²) >= 11 is 0. The Kier molecular flexibility index (Phi) is 6.80. The lowest BCUT2D eigenvalue weighted by Crippen LogP contribution is -2.39. The second-order valence-corrected chi connectivity index (χ2v) is 9.11. The average Bonchev–Trinajstić information content (AvgIpc) is 3.38. The van der Waals surface area contributed by atoms with Crippen molar-refractivity contribution in [3.63, 3.8) is 0 Å². The highest BCUT2D eigenvalue weighted by atomic mass is 16.2. The zero-order valence-electron chi connectivity index (χ0n) is 19.8. The number of hydrogen-bond acceptors (Lipinski definition) is 3. The number of hydrogen-bond donors (Lipinski definition) is 1. The molecule has 0 spiro atoms. The van der Waals surface area contributed by atoms with Crippen LogP contribution in [-0.4, -0.2) is 50.8 Å². The molecular weight excluding hydrogens is 398 g/mol. The summed E-state index contributed by atoms with van der Waals surface area (Å²) in [6.45, 7) is 9.33. The Morgan fingerprint density at radius 1 is 1.19 bits per heavy atom. The largest absolute Gasteiger partial charge is 0.351 e. The minimum atomic E-state index is -0.0790. The second-order valence-electron chi connectivity index (χ2n) is 9.11. The van der Waals surface area contributed by atoms with Crippen LogP contribution in [-0.2, 0) is 7.05 Å². The van der Waals surface area contributed by atoms with Crippen LogP contribution in [0.5, 0.6) is 0 Å². The number of nitrogens with one attached hydrogen (secondary N) is 1. The maximum Gasteiger partial charge on any atom is 0.270 e. The number of carbonyl (C=O) groups excluding carboxylic acids is 1. The van der Waals surface area contributed by atoms with Crippen molar-refractivity contribution in [2.24, 2.45) is 7.05 Å². The van der Waals surface area contributed by atoms with Crippen molar-refractivity contribution in [2.45, 2.75) is 52.5 Å². The van der Waals surface area contributed by atoms with E-state index in [1.165, 1.54) is 31.4 Å². The first-order valence-corrected chi connectivity index (χ1v) is 11.8. The molecule has 1 unspecified atom stereocenters. The van der Waals surface area contributed by atoms with Crippen LogP contribution in [0, 0.1) is 13.8 Å². The Morgan fingerprint density at radius 2 is 2.03 bits per heavy atom. The molecule has 32 heavy (non-hydrogen) atoms. The van der Waals surface area contributed by atoms with Crippen molar-refractivity contribution < 1.29 is 4.79 Å². The van der Waals surface area contributed by atoms with Crippen LogP contribution >= 0.6 is 0 Å². The van der Waals surface area contributed by atoms with Crippen molar-refractivity contribution in [3.8, 4) is 17.1 Å². The molecule has 1 atom stereocenters. The van der Waals surface area contributed by atoms with Crippen molar-refractivity contribution in [2.75, 3.05) is 19.6 Å². The molecular formula is C26H35N5O. The molecule has 170 valence electrons. The highest BCUT2D eigenvalue weighted by Crippen LogP contribution is 2.24. The molecule has 1 aliphatic rings. The third-order valence-corrected chi connectivity index (χ3v) is 6.58. The van der Waals surface area contributed by atoms with E-state index in [-0.39, 0.29) is 5.91 Å². The predicted molar refractivity (Wildman–Crippen MR) is 129 cm³/mol. The Labute approximate surface area is 191 Å². The SMILES string of the molecule is Cc1ccc(-n2nc(-c3cccn3C)cc2C(=O)NCCCN2CCCCC2C)c(C)c1. The smallest absolute Gasteiger partial charge is 0.270 e. The van der Waals surface area contributed by atoms with E-state index in [1.807, 2.05) is 42.1 Å². The van der Waals surface area contributed by atoms with Gasteiger partial charge in [-0.3, -0.25) is 4.79 Å². The summed E-state index contributed by atoms with van der Waals surface area (Å²) in [6, 6.07) is 12.8. The highest BCUT2D eigenvalue weighted by Gasteiger charge is 2.20. The summed E-state index contributed by atoms with van der Waals surface area (Å²) in [5, 5.41) is 7.97. The Hall–Kier alpha value is -2.86. The molecule has 0 saturated carbocycles. The summed E-state index contributed by atoms with van der Waals surface area (Å²) in [7, 11) is 1.99. The summed E-state index contributed by atoms with van der Waals surface area (Å²) in [5.74, 6) is -0.0790. The zero-order valence-corrected chi connectivity index (χ0v) is 19.8. The molecule has 1 amide bonds. The monoisotopic (exact) mass is 433 g/mol. The molecule has 3 aromatic rings. The number of likely N-dealkylation sites (tertiary alicyclic amines) is 1. The number of aromatic nitrogens is 3. The standard InChI is InChI=1S/C26H35N5O/c1-19-11-12-23(20(2)17-19)31-25(18-22(28-31)24-10-7-14-29(24)4)26(32)27-13-8-16-30-15-6-5-9-21(30)3/h7,10-12,14,17-18,21H,5-6,8-9,13,15-16H2,1-4H3,(H,27,32). The molecule has 6 heteroatoms. The van der Waals surface area contributed by atoms with Crippen molar-refractivity contribution in [3.05, 3.63) is 59.4 Å². The Morgan fingerprint density at radius 3 is 2.75 bits per heavy atom. The third-order valence-electron chi connectivity index (χ3n) is 6.58. The lowest BCUT2D eigenvalue weighted by atomic mass is 10.0. The molecule has 1 aromatic carbocycles. The first-order valence-electron chi connectivity index (χ1n) is 11.8. The van der Waals surface area contributed by atoms with Gasteiger partial charge in [0.2, 0.25) is 0 Å². The van der Waals surface area contributed by atoms with Gasteiger partial charge >= 0.3 is 0 Å². The van der Waals surface area contributed by atoms with E-state index in [9.17, 15) is 4.79 Å². The lowest BCUT2D eigenvalue weighted by Gasteiger charge is -2.33. The normalized spacial score (nSPS) is 16.9. The van der Waals surface area contributed by atoms with Crippen LogP contribution in [0.3, 0.4) is 0 Å². The fourth-order valence-electron chi connectivity index (χ4n) is 4.69. The van der Waals surface area contributed by atoms with Crippen molar-refractivity contribution >= 4 is 5.91 Å². The van der Waals surface area contributed by atoms with Crippen LogP contribution in [0.15, 0.2) is 42.6 Å². The van der Waals surface area contributed by atoms with Crippen LogP contribution in [0.1, 0.15) is 54.2 Å². The van der Waals surface area contributed by atoms with E-state index in [4.69, 9.17) is 5.10 Å². The van der Waals surface area contributed by atoms with Crippen molar-refractivity contribution in [1.82, 2.24) is 24.6 Å². The molecule has 1 aliphatic heterocycles. The lowest BCUT2D eigenvalue weighted by molar-refractivity contribution is 0.0941. The van der Waals surface area contributed by atoms with Gasteiger partial charge in [0, 0.05) is 32.4 Å². The van der Waals surface area contributed by atoms with Gasteiger partial charge in [-0.15, -0.1) is 0 Å². The summed E-state index contributed by atoms with van der Waals surface area (Å²) in [6.07, 6.45) is 6.85. The summed E-state index contributed by atoms with van der Waals surface area (Å²) < 4.78 is 3.81. The molecule has 1 fully saturated rings. The topological polar surface area (TPSA) is 55.1 Å². The van der Waals surface area contributed by atoms with E-state index in [0.29, 0.717) is 18.3 Å². The highest BCUT2D eigenvalue weighted by molar-refractivity contribution is 5.94. The van der Waals surface area contributed by atoms with E-state index in [0.717, 1.165) is 35.6 Å². The number of piperidine rings is 1. The fraction of sp³-hybridized carbons (Fsp3) is 0.462. The van der Waals surface area contributed by atoms with Gasteiger partial charge in [-0.25, -0.2) is 4.68 Å². The molecule has 3 heterocycles. The average molecular weight is 434 g/mol. The third kappa shape index (κ3) is 4.80. The van der Waals surface area contributed by atoms with E-state index in [1.54, 1.807) is 4.68 Å². The van der Waals surface area contributed by atoms with Crippen LogP contribution < -0.4 is 5.32 Å². The van der Waals surface area contributed by atoms with Gasteiger partial charge in [-0.2, -0.15) is 5.10 Å². The minimum Gasteiger partial charge on any atom is -0.351 e. The molecule has 2 aromatic heterocycles. The van der Waals surface area contributed by atoms with Gasteiger partial charge in [-0.1, -0.05) is 24.1 Å². The quantitative estimate of drug-likeness (QED) is 0.559. The first kappa shape index (κ1) is 22.3. The van der Waals surface area contributed by atoms with Gasteiger partial charge in [0.15, 0.2) is 0 Å². The molecule has 0 radical (unpaired) electrons. The fourth-order valence-corrected chi connectivity index (χ4v) is 4.69. The van der Waals surface area contributed by atoms with Gasteiger partial charge in [0.25, 0.3) is 5.91 Å². The molecule has 0 aliphatic carbocycles. The van der Waals surface area contributed by atoms with Crippen LogP contribution in [0.2, 0.25) is 0 Å².